The minimum atomic E-state index is -0.177. The lowest BCUT2D eigenvalue weighted by molar-refractivity contribution is -0.114. The SMILES string of the molecule is Cc1ccc(SCC2=NN(c3ccccc3)C(=O)/C2=C\c2cn(-c3ccccc3)nc2-c2cc3ccccc3o2)cc1. The highest BCUT2D eigenvalue weighted by Crippen LogP contribution is 2.33. The van der Waals surface area contributed by atoms with E-state index in [-0.39, 0.29) is 5.91 Å². The second-order valence-corrected chi connectivity index (χ2v) is 11.1. The topological polar surface area (TPSA) is 63.6 Å². The van der Waals surface area contributed by atoms with Crippen LogP contribution in [0.5, 0.6) is 0 Å². The van der Waals surface area contributed by atoms with Crippen LogP contribution in [0, 0.1) is 6.92 Å². The fourth-order valence-electron chi connectivity index (χ4n) is 4.89. The Morgan fingerprint density at radius 1 is 0.833 bits per heavy atom. The summed E-state index contributed by atoms with van der Waals surface area (Å²) in [6.07, 6.45) is 3.84. The van der Waals surface area contributed by atoms with Crippen LogP contribution in [0.15, 0.2) is 141 Å². The molecule has 0 unspecified atom stereocenters. The van der Waals surface area contributed by atoms with Gasteiger partial charge in [0.15, 0.2) is 5.76 Å². The van der Waals surface area contributed by atoms with E-state index in [1.165, 1.54) is 10.6 Å². The number of benzene rings is 4. The van der Waals surface area contributed by atoms with Crippen molar-refractivity contribution >= 4 is 46.1 Å². The predicted octanol–water partition coefficient (Wildman–Crippen LogP) is 8.17. The molecule has 42 heavy (non-hydrogen) atoms. The third-order valence-electron chi connectivity index (χ3n) is 7.07. The fraction of sp³-hybridized carbons (Fsp3) is 0.0571. The molecule has 0 radical (unpaired) electrons. The first-order chi connectivity index (χ1) is 20.6. The average molecular weight is 567 g/mol. The van der Waals surface area contributed by atoms with Crippen LogP contribution in [-0.2, 0) is 4.79 Å². The first kappa shape index (κ1) is 25.8. The molecule has 1 aliphatic heterocycles. The van der Waals surface area contributed by atoms with Gasteiger partial charge in [-0.2, -0.15) is 15.2 Å². The van der Waals surface area contributed by atoms with E-state index in [4.69, 9.17) is 14.6 Å². The summed E-state index contributed by atoms with van der Waals surface area (Å²) in [5.41, 5.74) is 6.28. The van der Waals surface area contributed by atoms with Gasteiger partial charge in [0.25, 0.3) is 5.91 Å². The smallest absolute Gasteiger partial charge is 0.280 e. The Labute approximate surface area is 247 Å². The average Bonchev–Trinajstić information content (AvgIpc) is 3.74. The van der Waals surface area contributed by atoms with Crippen LogP contribution in [0.2, 0.25) is 0 Å². The summed E-state index contributed by atoms with van der Waals surface area (Å²) >= 11 is 1.66. The van der Waals surface area contributed by atoms with Gasteiger partial charge in [0.2, 0.25) is 0 Å². The molecule has 0 atom stereocenters. The molecule has 2 aromatic heterocycles. The normalized spacial score (nSPS) is 14.2. The van der Waals surface area contributed by atoms with Gasteiger partial charge in [0.1, 0.15) is 11.3 Å². The van der Waals surface area contributed by atoms with Gasteiger partial charge in [-0.1, -0.05) is 72.3 Å². The molecule has 3 heterocycles. The highest BCUT2D eigenvalue weighted by atomic mass is 32.2. The molecule has 0 saturated heterocycles. The molecule has 0 spiro atoms. The predicted molar refractivity (Wildman–Crippen MR) is 170 cm³/mol. The summed E-state index contributed by atoms with van der Waals surface area (Å²) in [4.78, 5) is 15.0. The van der Waals surface area contributed by atoms with Crippen LogP contribution in [0.1, 0.15) is 11.1 Å². The lowest BCUT2D eigenvalue weighted by atomic mass is 10.1. The van der Waals surface area contributed by atoms with Crippen LogP contribution < -0.4 is 5.01 Å². The Balaban J connectivity index is 1.33. The number of carbonyl (C=O) groups excluding carboxylic acids is 1. The Bertz CT molecular complexity index is 1920. The van der Waals surface area contributed by atoms with Gasteiger partial charge in [-0.15, -0.1) is 11.8 Å². The molecule has 0 fully saturated rings. The van der Waals surface area contributed by atoms with Crippen molar-refractivity contribution in [1.82, 2.24) is 9.78 Å². The van der Waals surface area contributed by atoms with E-state index in [2.05, 4.69) is 31.2 Å². The largest absolute Gasteiger partial charge is 0.454 e. The monoisotopic (exact) mass is 566 g/mol. The highest BCUT2D eigenvalue weighted by Gasteiger charge is 2.32. The van der Waals surface area contributed by atoms with E-state index in [1.54, 1.807) is 11.8 Å². The van der Waals surface area contributed by atoms with Crippen molar-refractivity contribution in [3.05, 3.63) is 138 Å². The van der Waals surface area contributed by atoms with Gasteiger partial charge in [-0.3, -0.25) is 4.79 Å². The summed E-state index contributed by atoms with van der Waals surface area (Å²) in [6.45, 7) is 2.07. The van der Waals surface area contributed by atoms with Crippen LogP contribution in [0.25, 0.3) is 34.2 Å². The number of thioether (sulfide) groups is 1. The van der Waals surface area contributed by atoms with Crippen LogP contribution in [0.3, 0.4) is 0 Å². The van der Waals surface area contributed by atoms with Crippen molar-refractivity contribution in [1.29, 1.82) is 0 Å². The molecule has 0 aliphatic carbocycles. The summed E-state index contributed by atoms with van der Waals surface area (Å²) < 4.78 is 8.05. The van der Waals surface area contributed by atoms with Crippen LogP contribution in [0.4, 0.5) is 5.69 Å². The van der Waals surface area contributed by atoms with Gasteiger partial charge in [-0.25, -0.2) is 4.68 Å². The van der Waals surface area contributed by atoms with Gasteiger partial charge < -0.3 is 4.42 Å². The number of amides is 1. The van der Waals surface area contributed by atoms with E-state index in [0.717, 1.165) is 32.8 Å². The third kappa shape index (κ3) is 5.06. The van der Waals surface area contributed by atoms with Gasteiger partial charge >= 0.3 is 0 Å². The number of aryl methyl sites for hydroxylation is 1. The van der Waals surface area contributed by atoms with E-state index in [1.807, 2.05) is 108 Å². The maximum Gasteiger partial charge on any atom is 0.280 e. The molecule has 1 amide bonds. The van der Waals surface area contributed by atoms with E-state index in [9.17, 15) is 4.79 Å². The molecule has 4 aromatic carbocycles. The number of anilines is 1. The molecule has 204 valence electrons. The number of hydrazone groups is 1. The first-order valence-electron chi connectivity index (χ1n) is 13.6. The second-order valence-electron chi connectivity index (χ2n) is 10.0. The van der Waals surface area contributed by atoms with Crippen molar-refractivity contribution < 1.29 is 9.21 Å². The zero-order chi connectivity index (χ0) is 28.5. The zero-order valence-corrected chi connectivity index (χ0v) is 23.7. The molecule has 0 saturated carbocycles. The standard InChI is InChI=1S/C35H26N4O2S/c1-24-16-18-29(19-17-24)42-23-31-30(35(40)39(36-31)28-13-6-3-7-14-28)20-26-22-38(27-11-4-2-5-12-27)37-34(26)33-21-25-10-8-9-15-32(25)41-33/h2-22H,23H2,1H3/b30-20-. The molecule has 0 bridgehead atoms. The zero-order valence-electron chi connectivity index (χ0n) is 22.8. The second kappa shape index (κ2) is 11.0. The van der Waals surface area contributed by atoms with Crippen molar-refractivity contribution in [2.24, 2.45) is 5.10 Å². The fourth-order valence-corrected chi connectivity index (χ4v) is 5.74. The number of fused-ring (bicyclic) bond motifs is 1. The Morgan fingerprint density at radius 3 is 2.26 bits per heavy atom. The Morgan fingerprint density at radius 2 is 1.52 bits per heavy atom. The number of hydrogen-bond acceptors (Lipinski definition) is 5. The molecule has 1 aliphatic rings. The Hall–Kier alpha value is -5.14. The lowest BCUT2D eigenvalue weighted by Crippen LogP contribution is -2.21. The van der Waals surface area contributed by atoms with E-state index < -0.39 is 0 Å². The quantitative estimate of drug-likeness (QED) is 0.144. The third-order valence-corrected chi connectivity index (χ3v) is 8.10. The molecular weight excluding hydrogens is 540 g/mol. The summed E-state index contributed by atoms with van der Waals surface area (Å²) in [5, 5.41) is 12.2. The van der Waals surface area contributed by atoms with Gasteiger partial charge in [0.05, 0.1) is 22.7 Å². The number of aromatic nitrogens is 2. The van der Waals surface area contributed by atoms with E-state index in [0.29, 0.717) is 28.5 Å². The van der Waals surface area contributed by atoms with Gasteiger partial charge in [0, 0.05) is 27.8 Å². The van der Waals surface area contributed by atoms with Crippen molar-refractivity contribution in [3.8, 4) is 17.1 Å². The maximum absolute atomic E-state index is 13.9. The van der Waals surface area contributed by atoms with Gasteiger partial charge in [-0.05, 0) is 61.5 Å². The number of furan rings is 1. The summed E-state index contributed by atoms with van der Waals surface area (Å²) in [7, 11) is 0. The molecular formula is C35H26N4O2S. The van der Waals surface area contributed by atoms with E-state index >= 15 is 0 Å². The lowest BCUT2D eigenvalue weighted by Gasteiger charge is -2.10. The molecule has 6 aromatic rings. The highest BCUT2D eigenvalue weighted by molar-refractivity contribution is 8.00. The van der Waals surface area contributed by atoms with Crippen LogP contribution >= 0.6 is 11.8 Å². The van der Waals surface area contributed by atoms with Crippen molar-refractivity contribution in [2.45, 2.75) is 11.8 Å². The minimum absolute atomic E-state index is 0.177. The molecule has 7 heteroatoms. The Kier molecular flexibility index (Phi) is 6.78. The number of carbonyl (C=O) groups is 1. The number of para-hydroxylation sites is 3. The molecule has 7 rings (SSSR count). The minimum Gasteiger partial charge on any atom is -0.454 e. The molecule has 6 nitrogen and oxygen atoms in total. The number of rotatable bonds is 7. The maximum atomic E-state index is 13.9. The summed E-state index contributed by atoms with van der Waals surface area (Å²) in [6, 6.07) is 37.7. The summed E-state index contributed by atoms with van der Waals surface area (Å²) in [5.74, 6) is 0.996. The molecule has 0 N–H and O–H groups in total. The number of hydrogen-bond donors (Lipinski definition) is 0. The van der Waals surface area contributed by atoms with Crippen molar-refractivity contribution in [2.75, 3.05) is 10.8 Å². The number of nitrogens with zero attached hydrogens (tertiary/aromatic N) is 4. The van der Waals surface area contributed by atoms with Crippen molar-refractivity contribution in [3.63, 3.8) is 0 Å². The van der Waals surface area contributed by atoms with Crippen LogP contribution in [-0.4, -0.2) is 27.2 Å². The first-order valence-corrected chi connectivity index (χ1v) is 14.6.